The first-order valence-electron chi connectivity index (χ1n) is 8.43. The van der Waals surface area contributed by atoms with E-state index < -0.39 is 24.2 Å². The minimum absolute atomic E-state index is 0.102. The van der Waals surface area contributed by atoms with Crippen LogP contribution < -0.4 is 4.74 Å². The summed E-state index contributed by atoms with van der Waals surface area (Å²) in [6, 6.07) is 10.1. The summed E-state index contributed by atoms with van der Waals surface area (Å²) >= 11 is 0.149. The van der Waals surface area contributed by atoms with E-state index in [2.05, 4.69) is 4.98 Å². The zero-order valence-corrected chi connectivity index (χ0v) is 16.2. The van der Waals surface area contributed by atoms with Gasteiger partial charge in [-0.25, -0.2) is 9.78 Å². The van der Waals surface area contributed by atoms with Gasteiger partial charge in [0.05, 0.1) is 12.2 Å². The fraction of sp³-hybridized carbons (Fsp3) is 0.316. The Morgan fingerprint density at radius 2 is 1.93 bits per heavy atom. The number of nitrogens with zero attached hydrogens (tertiary/aromatic N) is 2. The van der Waals surface area contributed by atoms with Crippen molar-refractivity contribution in [3.8, 4) is 5.75 Å². The Labute approximate surface area is 165 Å². The number of halogens is 2. The monoisotopic (exact) mass is 410 g/mol. The second-order valence-electron chi connectivity index (χ2n) is 5.64. The van der Waals surface area contributed by atoms with Crippen molar-refractivity contribution in [2.75, 3.05) is 20.3 Å². The number of benzene rings is 1. The molecule has 28 heavy (non-hydrogen) atoms. The number of amides is 1. The third-order valence-electron chi connectivity index (χ3n) is 3.60. The first kappa shape index (κ1) is 21.6. The number of esters is 1. The minimum atomic E-state index is -2.72. The standard InChI is InChI=1S/C19H20F2N2O4S/c1-3-26-14-8-6-13(7-9-14)11-23(2)16(24)12-27-18(25)15-5-4-10-22-17(15)28-19(20)21/h4-10,19H,3,11-12H2,1-2H3. The summed E-state index contributed by atoms with van der Waals surface area (Å²) in [4.78, 5) is 29.5. The molecule has 0 spiro atoms. The maximum atomic E-state index is 12.6. The van der Waals surface area contributed by atoms with Crippen molar-refractivity contribution in [2.24, 2.45) is 0 Å². The van der Waals surface area contributed by atoms with Gasteiger partial charge in [0.25, 0.3) is 11.7 Å². The smallest absolute Gasteiger partial charge is 0.341 e. The van der Waals surface area contributed by atoms with Crippen LogP contribution in [0.2, 0.25) is 0 Å². The summed E-state index contributed by atoms with van der Waals surface area (Å²) in [5.41, 5.74) is 0.781. The lowest BCUT2D eigenvalue weighted by atomic mass is 10.2. The summed E-state index contributed by atoms with van der Waals surface area (Å²) in [5.74, 6) is -3.28. The molecule has 1 aromatic heterocycles. The first-order valence-corrected chi connectivity index (χ1v) is 9.31. The fourth-order valence-corrected chi connectivity index (χ4v) is 2.83. The van der Waals surface area contributed by atoms with E-state index >= 15 is 0 Å². The molecule has 0 saturated heterocycles. The Morgan fingerprint density at radius 1 is 1.21 bits per heavy atom. The van der Waals surface area contributed by atoms with Crippen molar-refractivity contribution in [3.63, 3.8) is 0 Å². The first-order chi connectivity index (χ1) is 13.4. The molecule has 9 heteroatoms. The van der Waals surface area contributed by atoms with E-state index in [1.165, 1.54) is 23.2 Å². The van der Waals surface area contributed by atoms with Gasteiger partial charge in [0.15, 0.2) is 6.61 Å². The molecular formula is C19H20F2N2O4S. The molecule has 2 rings (SSSR count). The lowest BCUT2D eigenvalue weighted by Crippen LogP contribution is -2.30. The predicted octanol–water partition coefficient (Wildman–Crippen LogP) is 3.61. The van der Waals surface area contributed by atoms with E-state index in [-0.39, 0.29) is 22.4 Å². The topological polar surface area (TPSA) is 68.7 Å². The average Bonchev–Trinajstić information content (AvgIpc) is 2.67. The summed E-state index contributed by atoms with van der Waals surface area (Å²) in [7, 11) is 1.58. The molecule has 0 aliphatic carbocycles. The van der Waals surface area contributed by atoms with Crippen LogP contribution in [0.5, 0.6) is 5.75 Å². The van der Waals surface area contributed by atoms with Gasteiger partial charge in [-0.1, -0.05) is 12.1 Å². The highest BCUT2D eigenvalue weighted by atomic mass is 32.2. The Hall–Kier alpha value is -2.68. The summed E-state index contributed by atoms with van der Waals surface area (Å²) in [5, 5.41) is -0.141. The van der Waals surface area contributed by atoms with Gasteiger partial charge in [-0.15, -0.1) is 0 Å². The zero-order valence-electron chi connectivity index (χ0n) is 15.4. The normalized spacial score (nSPS) is 10.6. The van der Waals surface area contributed by atoms with Gasteiger partial charge >= 0.3 is 5.97 Å². The quantitative estimate of drug-likeness (QED) is 0.465. The molecule has 0 unspecified atom stereocenters. The fourth-order valence-electron chi connectivity index (χ4n) is 2.26. The molecule has 1 heterocycles. The third kappa shape index (κ3) is 6.49. The predicted molar refractivity (Wildman–Crippen MR) is 100 cm³/mol. The van der Waals surface area contributed by atoms with Crippen molar-refractivity contribution in [1.82, 2.24) is 9.88 Å². The third-order valence-corrected chi connectivity index (χ3v) is 4.33. The average molecular weight is 410 g/mol. The van der Waals surface area contributed by atoms with Gasteiger partial charge in [0.1, 0.15) is 10.8 Å². The van der Waals surface area contributed by atoms with Crippen molar-refractivity contribution in [2.45, 2.75) is 24.3 Å². The second kappa shape index (κ2) is 10.6. The van der Waals surface area contributed by atoms with Crippen molar-refractivity contribution < 1.29 is 27.8 Å². The van der Waals surface area contributed by atoms with E-state index in [4.69, 9.17) is 9.47 Å². The van der Waals surface area contributed by atoms with Gasteiger partial charge in [0, 0.05) is 19.8 Å². The summed E-state index contributed by atoms with van der Waals surface area (Å²) in [6.07, 6.45) is 1.30. The second-order valence-corrected chi connectivity index (χ2v) is 6.62. The molecule has 0 aliphatic rings. The molecule has 1 aromatic carbocycles. The van der Waals surface area contributed by atoms with Crippen LogP contribution in [0.1, 0.15) is 22.8 Å². The SMILES string of the molecule is CCOc1ccc(CN(C)C(=O)COC(=O)c2cccnc2SC(F)F)cc1. The van der Waals surface area contributed by atoms with Crippen LogP contribution in [-0.2, 0) is 16.1 Å². The Morgan fingerprint density at radius 3 is 2.57 bits per heavy atom. The van der Waals surface area contributed by atoms with Crippen molar-refractivity contribution in [1.29, 1.82) is 0 Å². The number of thioether (sulfide) groups is 1. The van der Waals surface area contributed by atoms with Gasteiger partial charge in [0.2, 0.25) is 0 Å². The molecule has 6 nitrogen and oxygen atoms in total. The number of rotatable bonds is 9. The maximum absolute atomic E-state index is 12.6. The van der Waals surface area contributed by atoms with Gasteiger partial charge in [-0.05, 0) is 48.5 Å². The van der Waals surface area contributed by atoms with Crippen LogP contribution in [0.3, 0.4) is 0 Å². The molecule has 0 N–H and O–H groups in total. The Kier molecular flexibility index (Phi) is 8.19. The van der Waals surface area contributed by atoms with Crippen molar-refractivity contribution in [3.05, 3.63) is 53.7 Å². The lowest BCUT2D eigenvalue weighted by molar-refractivity contribution is -0.133. The number of carbonyl (C=O) groups excluding carboxylic acids is 2. The highest BCUT2D eigenvalue weighted by Crippen LogP contribution is 2.26. The Balaban J connectivity index is 1.89. The highest BCUT2D eigenvalue weighted by Gasteiger charge is 2.19. The van der Waals surface area contributed by atoms with Crippen LogP contribution in [-0.4, -0.2) is 47.8 Å². The van der Waals surface area contributed by atoms with E-state index in [9.17, 15) is 18.4 Å². The molecule has 0 aliphatic heterocycles. The largest absolute Gasteiger partial charge is 0.494 e. The minimum Gasteiger partial charge on any atom is -0.494 e. The maximum Gasteiger partial charge on any atom is 0.341 e. The van der Waals surface area contributed by atoms with Gasteiger partial charge < -0.3 is 14.4 Å². The van der Waals surface area contributed by atoms with Crippen LogP contribution >= 0.6 is 11.8 Å². The molecule has 150 valence electrons. The van der Waals surface area contributed by atoms with Crippen LogP contribution in [0.25, 0.3) is 0 Å². The number of pyridine rings is 1. The Bertz CT molecular complexity index is 803. The summed E-state index contributed by atoms with van der Waals surface area (Å²) in [6.45, 7) is 2.28. The molecule has 1 amide bonds. The number of likely N-dealkylation sites (N-methyl/N-ethyl adjacent to an activating group) is 1. The van der Waals surface area contributed by atoms with E-state index in [1.807, 2.05) is 31.2 Å². The lowest BCUT2D eigenvalue weighted by Gasteiger charge is -2.17. The van der Waals surface area contributed by atoms with Crippen LogP contribution in [0.4, 0.5) is 8.78 Å². The molecule has 0 fully saturated rings. The van der Waals surface area contributed by atoms with Crippen LogP contribution in [0.15, 0.2) is 47.6 Å². The highest BCUT2D eigenvalue weighted by molar-refractivity contribution is 7.99. The van der Waals surface area contributed by atoms with E-state index in [1.54, 1.807) is 7.05 Å². The number of aromatic nitrogens is 1. The molecule has 2 aromatic rings. The number of carbonyl (C=O) groups is 2. The van der Waals surface area contributed by atoms with Crippen LogP contribution in [0, 0.1) is 0 Å². The van der Waals surface area contributed by atoms with E-state index in [0.717, 1.165) is 11.3 Å². The van der Waals surface area contributed by atoms with Gasteiger partial charge in [-0.3, -0.25) is 4.79 Å². The molecule has 0 bridgehead atoms. The van der Waals surface area contributed by atoms with Gasteiger partial charge in [-0.2, -0.15) is 8.78 Å². The molecule has 0 atom stereocenters. The number of ether oxygens (including phenoxy) is 2. The molecule has 0 saturated carbocycles. The summed E-state index contributed by atoms with van der Waals surface area (Å²) < 4.78 is 35.5. The van der Waals surface area contributed by atoms with E-state index in [0.29, 0.717) is 13.2 Å². The molecular weight excluding hydrogens is 390 g/mol. The van der Waals surface area contributed by atoms with Crippen molar-refractivity contribution >= 4 is 23.6 Å². The number of hydrogen-bond donors (Lipinski definition) is 0. The number of alkyl halides is 2. The number of hydrogen-bond acceptors (Lipinski definition) is 6. The zero-order chi connectivity index (χ0) is 20.5. The molecule has 0 radical (unpaired) electrons.